The van der Waals surface area contributed by atoms with Gasteiger partial charge in [0.15, 0.2) is 9.66 Å². The van der Waals surface area contributed by atoms with Gasteiger partial charge >= 0.3 is 0 Å². The molecule has 4 aromatic rings. The average Bonchev–Trinajstić information content (AvgIpc) is 3.32. The zero-order valence-corrected chi connectivity index (χ0v) is 19.8. The first-order chi connectivity index (χ1) is 15.5. The van der Waals surface area contributed by atoms with Crippen molar-refractivity contribution in [2.75, 3.05) is 0 Å². The molecule has 2 atom stereocenters. The zero-order chi connectivity index (χ0) is 22.0. The van der Waals surface area contributed by atoms with Crippen molar-refractivity contribution in [3.63, 3.8) is 0 Å². The van der Waals surface area contributed by atoms with Crippen LogP contribution in [-0.4, -0.2) is 30.0 Å². The Balaban J connectivity index is 1.33. The summed E-state index contributed by atoms with van der Waals surface area (Å²) in [6.45, 7) is 4.98. The summed E-state index contributed by atoms with van der Waals surface area (Å²) < 4.78 is 2.74. The lowest BCUT2D eigenvalue weighted by atomic mass is 9.89. The van der Waals surface area contributed by atoms with E-state index in [2.05, 4.69) is 34.5 Å². The van der Waals surface area contributed by atoms with Gasteiger partial charge < -0.3 is 0 Å². The Kier molecular flexibility index (Phi) is 4.76. The molecule has 0 bridgehead atoms. The van der Waals surface area contributed by atoms with Crippen LogP contribution in [0.15, 0.2) is 9.59 Å². The van der Waals surface area contributed by atoms with Crippen LogP contribution >= 0.6 is 22.7 Å². The fourth-order valence-corrected chi connectivity index (χ4v) is 7.70. The SMILES string of the molecule is C[C@H]1CCc2c(sc3nnn(CCn4nnc5sc6c(c5c4=O)CC[C@H](C)C6)c(=O)c23)C1. The Hall–Kier alpha value is -2.46. The van der Waals surface area contributed by atoms with Crippen LogP contribution < -0.4 is 11.1 Å². The predicted molar refractivity (Wildman–Crippen MR) is 126 cm³/mol. The molecular weight excluding hydrogens is 444 g/mol. The van der Waals surface area contributed by atoms with Crippen molar-refractivity contribution in [3.8, 4) is 0 Å². The summed E-state index contributed by atoms with van der Waals surface area (Å²) >= 11 is 3.19. The van der Waals surface area contributed by atoms with Crippen LogP contribution in [-0.2, 0) is 38.8 Å². The van der Waals surface area contributed by atoms with Crippen LogP contribution in [0.2, 0.25) is 0 Å². The van der Waals surface area contributed by atoms with Gasteiger partial charge in [-0.15, -0.1) is 32.9 Å². The highest BCUT2D eigenvalue weighted by atomic mass is 32.1. The largest absolute Gasteiger partial charge is 0.278 e. The number of aryl methyl sites for hydroxylation is 4. The van der Waals surface area contributed by atoms with E-state index in [1.807, 2.05) is 0 Å². The molecule has 0 saturated carbocycles. The molecule has 0 unspecified atom stereocenters. The van der Waals surface area contributed by atoms with Gasteiger partial charge in [-0.2, -0.15) is 0 Å². The third-order valence-electron chi connectivity index (χ3n) is 6.89. The van der Waals surface area contributed by atoms with E-state index >= 15 is 0 Å². The minimum atomic E-state index is -0.119. The van der Waals surface area contributed by atoms with Crippen LogP contribution in [0.4, 0.5) is 0 Å². The molecule has 0 aromatic carbocycles. The molecule has 2 aliphatic carbocycles. The number of hydrogen-bond donors (Lipinski definition) is 0. The summed E-state index contributed by atoms with van der Waals surface area (Å²) in [5, 5.41) is 18.4. The highest BCUT2D eigenvalue weighted by Gasteiger charge is 2.25. The Labute approximate surface area is 191 Å². The normalized spacial score (nSPS) is 20.6. The lowest BCUT2D eigenvalue weighted by Crippen LogP contribution is -2.31. The number of rotatable bonds is 3. The molecule has 166 valence electrons. The zero-order valence-electron chi connectivity index (χ0n) is 18.1. The monoisotopic (exact) mass is 468 g/mol. The number of fused-ring (bicyclic) bond motifs is 6. The molecule has 10 heteroatoms. The summed E-state index contributed by atoms with van der Waals surface area (Å²) in [6, 6.07) is 0. The van der Waals surface area contributed by atoms with Crippen molar-refractivity contribution in [2.45, 2.75) is 65.5 Å². The number of hydrogen-bond acceptors (Lipinski definition) is 8. The summed E-state index contributed by atoms with van der Waals surface area (Å²) in [5.41, 5.74) is 2.06. The van der Waals surface area contributed by atoms with Crippen molar-refractivity contribution in [2.24, 2.45) is 11.8 Å². The molecule has 0 amide bonds. The van der Waals surface area contributed by atoms with Gasteiger partial charge in [0.1, 0.15) is 0 Å². The molecule has 0 spiro atoms. The second-order valence-electron chi connectivity index (χ2n) is 9.30. The minimum absolute atomic E-state index is 0.119. The van der Waals surface area contributed by atoms with Gasteiger partial charge in [-0.25, -0.2) is 9.36 Å². The van der Waals surface area contributed by atoms with Crippen molar-refractivity contribution >= 4 is 43.1 Å². The lowest BCUT2D eigenvalue weighted by Gasteiger charge is -2.17. The van der Waals surface area contributed by atoms with Crippen LogP contribution in [0.5, 0.6) is 0 Å². The lowest BCUT2D eigenvalue weighted by molar-refractivity contribution is 0.445. The number of aromatic nitrogens is 6. The maximum atomic E-state index is 13.2. The van der Waals surface area contributed by atoms with Gasteiger partial charge in [0.25, 0.3) is 11.1 Å². The fraction of sp³-hybridized carbons (Fsp3) is 0.545. The van der Waals surface area contributed by atoms with Gasteiger partial charge in [0, 0.05) is 9.75 Å². The topological polar surface area (TPSA) is 95.6 Å². The molecule has 0 saturated heterocycles. The molecular formula is C22H24N6O2S2. The Morgan fingerprint density at radius 1 is 0.781 bits per heavy atom. The van der Waals surface area contributed by atoms with E-state index < -0.39 is 0 Å². The van der Waals surface area contributed by atoms with E-state index in [1.165, 1.54) is 19.1 Å². The van der Waals surface area contributed by atoms with Crippen molar-refractivity contribution in [1.29, 1.82) is 0 Å². The van der Waals surface area contributed by atoms with Crippen LogP contribution in [0.25, 0.3) is 20.4 Å². The summed E-state index contributed by atoms with van der Waals surface area (Å²) in [4.78, 5) is 30.4. The van der Waals surface area contributed by atoms with Gasteiger partial charge in [0.05, 0.1) is 23.9 Å². The van der Waals surface area contributed by atoms with E-state index in [9.17, 15) is 9.59 Å². The van der Waals surface area contributed by atoms with Gasteiger partial charge in [-0.1, -0.05) is 24.3 Å². The van der Waals surface area contributed by atoms with E-state index in [1.54, 1.807) is 22.7 Å². The second-order valence-corrected chi connectivity index (χ2v) is 11.5. The summed E-state index contributed by atoms with van der Waals surface area (Å²) in [7, 11) is 0. The number of nitrogens with zero attached hydrogens (tertiary/aromatic N) is 6. The quantitative estimate of drug-likeness (QED) is 0.459. The Morgan fingerprint density at radius 2 is 1.22 bits per heavy atom. The second kappa shape index (κ2) is 7.55. The number of thiophene rings is 2. The molecule has 4 aromatic heterocycles. The smallest absolute Gasteiger partial charge is 0.267 e. The molecule has 4 heterocycles. The predicted octanol–water partition coefficient (Wildman–Crippen LogP) is 2.97. The van der Waals surface area contributed by atoms with Crippen LogP contribution in [0, 0.1) is 11.8 Å². The first-order valence-electron chi connectivity index (χ1n) is 11.3. The minimum Gasteiger partial charge on any atom is -0.267 e. The third kappa shape index (κ3) is 3.14. The molecule has 6 rings (SSSR count). The Bertz CT molecular complexity index is 1370. The average molecular weight is 469 g/mol. The molecule has 0 fully saturated rings. The molecule has 32 heavy (non-hydrogen) atoms. The molecule has 0 aliphatic heterocycles. The first-order valence-corrected chi connectivity index (χ1v) is 12.9. The highest BCUT2D eigenvalue weighted by Crippen LogP contribution is 2.36. The first kappa shape index (κ1) is 20.2. The Morgan fingerprint density at radius 3 is 1.66 bits per heavy atom. The highest BCUT2D eigenvalue weighted by molar-refractivity contribution is 7.19. The maximum absolute atomic E-state index is 13.2. The standard InChI is InChI=1S/C22H24N6O2S2/c1-11-3-5-13-15(9-11)31-19-17(13)21(29)27(25-23-19)7-8-28-22(30)18-14-6-4-12(2)10-16(14)32-20(18)24-26-28/h11-12H,3-10H2,1-2H3/t11-,12-/m0/s1. The summed E-state index contributed by atoms with van der Waals surface area (Å²) in [5.74, 6) is 1.27. The van der Waals surface area contributed by atoms with Gasteiger partial charge in [0.2, 0.25) is 0 Å². The summed E-state index contributed by atoms with van der Waals surface area (Å²) in [6.07, 6.45) is 6.03. The van der Waals surface area contributed by atoms with Crippen molar-refractivity contribution in [1.82, 2.24) is 30.0 Å². The maximum Gasteiger partial charge on any atom is 0.278 e. The van der Waals surface area contributed by atoms with Crippen molar-refractivity contribution < 1.29 is 0 Å². The fourth-order valence-electron chi connectivity index (χ4n) is 5.07. The van der Waals surface area contributed by atoms with E-state index in [-0.39, 0.29) is 24.2 Å². The van der Waals surface area contributed by atoms with E-state index in [4.69, 9.17) is 0 Å². The van der Waals surface area contributed by atoms with E-state index in [0.717, 1.165) is 59.3 Å². The van der Waals surface area contributed by atoms with E-state index in [0.29, 0.717) is 22.6 Å². The van der Waals surface area contributed by atoms with Gasteiger partial charge in [-0.05, 0) is 61.5 Å². The van der Waals surface area contributed by atoms with Crippen LogP contribution in [0.1, 0.15) is 47.6 Å². The van der Waals surface area contributed by atoms with Gasteiger partial charge in [-0.3, -0.25) is 9.59 Å². The van der Waals surface area contributed by atoms with Crippen molar-refractivity contribution in [3.05, 3.63) is 41.6 Å². The molecule has 0 radical (unpaired) electrons. The molecule has 2 aliphatic rings. The van der Waals surface area contributed by atoms with Crippen LogP contribution in [0.3, 0.4) is 0 Å². The molecule has 0 N–H and O–H groups in total. The molecule has 8 nitrogen and oxygen atoms in total. The third-order valence-corrected chi connectivity index (χ3v) is 9.17.